The van der Waals surface area contributed by atoms with Crippen molar-refractivity contribution in [3.05, 3.63) is 35.4 Å². The van der Waals surface area contributed by atoms with Gasteiger partial charge < -0.3 is 10.1 Å². The lowest BCUT2D eigenvalue weighted by Gasteiger charge is -2.27. The zero-order chi connectivity index (χ0) is 14.3. The number of hydrogen-bond acceptors (Lipinski definition) is 2. The van der Waals surface area contributed by atoms with Crippen LogP contribution in [0.25, 0.3) is 0 Å². The number of benzene rings is 1. The third-order valence-corrected chi connectivity index (χ3v) is 3.39. The fourth-order valence-corrected chi connectivity index (χ4v) is 2.22. The number of nitrogens with one attached hydrogen (secondary N) is 1. The fourth-order valence-electron chi connectivity index (χ4n) is 2.22. The van der Waals surface area contributed by atoms with Crippen LogP contribution in [0.15, 0.2) is 24.3 Å². The Kier molecular flexibility index (Phi) is 6.53. The van der Waals surface area contributed by atoms with Crippen molar-refractivity contribution >= 4 is 0 Å². The Morgan fingerprint density at radius 3 is 2.32 bits per heavy atom. The van der Waals surface area contributed by atoms with Gasteiger partial charge in [0.05, 0.1) is 5.60 Å². The van der Waals surface area contributed by atoms with Gasteiger partial charge in [0.2, 0.25) is 0 Å². The molecule has 0 fully saturated rings. The van der Waals surface area contributed by atoms with Crippen LogP contribution in [0.5, 0.6) is 0 Å². The molecule has 2 heteroatoms. The van der Waals surface area contributed by atoms with E-state index >= 15 is 0 Å². The molecule has 1 aromatic carbocycles. The zero-order valence-electron chi connectivity index (χ0n) is 13.1. The number of hydrogen-bond donors (Lipinski definition) is 1. The van der Waals surface area contributed by atoms with Crippen LogP contribution in [0, 0.1) is 0 Å². The molecule has 0 amide bonds. The highest BCUT2D eigenvalue weighted by Gasteiger charge is 2.18. The van der Waals surface area contributed by atoms with Gasteiger partial charge in [0.1, 0.15) is 0 Å². The van der Waals surface area contributed by atoms with E-state index in [1.54, 1.807) is 0 Å². The first-order valence-electron chi connectivity index (χ1n) is 7.44. The normalized spacial score (nSPS) is 13.5. The van der Waals surface area contributed by atoms with Crippen molar-refractivity contribution in [2.75, 3.05) is 13.2 Å². The van der Waals surface area contributed by atoms with Gasteiger partial charge in [-0.15, -0.1) is 0 Å². The van der Waals surface area contributed by atoms with Gasteiger partial charge in [-0.3, -0.25) is 0 Å². The van der Waals surface area contributed by atoms with Gasteiger partial charge in [-0.25, -0.2) is 0 Å². The van der Waals surface area contributed by atoms with Crippen molar-refractivity contribution in [3.63, 3.8) is 0 Å². The second kappa shape index (κ2) is 7.66. The quantitative estimate of drug-likeness (QED) is 0.762. The van der Waals surface area contributed by atoms with Gasteiger partial charge in [-0.05, 0) is 45.2 Å². The van der Waals surface area contributed by atoms with Crippen LogP contribution in [0.2, 0.25) is 0 Å². The van der Waals surface area contributed by atoms with Gasteiger partial charge in [0.15, 0.2) is 0 Å². The van der Waals surface area contributed by atoms with Crippen LogP contribution in [0.3, 0.4) is 0 Å². The van der Waals surface area contributed by atoms with Crippen LogP contribution < -0.4 is 5.32 Å². The van der Waals surface area contributed by atoms with Crippen molar-refractivity contribution in [3.8, 4) is 0 Å². The summed E-state index contributed by atoms with van der Waals surface area (Å²) < 4.78 is 5.70. The minimum absolute atomic E-state index is 0.106. The molecule has 1 aromatic rings. The summed E-state index contributed by atoms with van der Waals surface area (Å²) in [5.74, 6) is 0. The van der Waals surface area contributed by atoms with Gasteiger partial charge in [-0.1, -0.05) is 37.6 Å². The van der Waals surface area contributed by atoms with Crippen molar-refractivity contribution in [2.24, 2.45) is 0 Å². The van der Waals surface area contributed by atoms with Crippen molar-refractivity contribution in [2.45, 2.75) is 59.1 Å². The minimum atomic E-state index is -0.106. The van der Waals surface area contributed by atoms with E-state index in [4.69, 9.17) is 4.74 Å². The van der Waals surface area contributed by atoms with E-state index in [-0.39, 0.29) is 5.60 Å². The van der Waals surface area contributed by atoms with Crippen molar-refractivity contribution in [1.29, 1.82) is 0 Å². The Bertz CT molecular complexity index is 356. The largest absolute Gasteiger partial charge is 0.375 e. The standard InChI is InChI=1S/C17H29NO/c1-6-8-15-9-11-16(12-10-15)14(3)18-13-17(4,5)19-7-2/h9-12,14,18H,6-8,13H2,1-5H3. The smallest absolute Gasteiger partial charge is 0.0750 e. The molecule has 1 rings (SSSR count). The third-order valence-electron chi connectivity index (χ3n) is 3.39. The van der Waals surface area contributed by atoms with Crippen LogP contribution in [-0.2, 0) is 11.2 Å². The Hall–Kier alpha value is -0.860. The summed E-state index contributed by atoms with van der Waals surface area (Å²) >= 11 is 0. The highest BCUT2D eigenvalue weighted by Crippen LogP contribution is 2.16. The van der Waals surface area contributed by atoms with Crippen LogP contribution in [0.1, 0.15) is 58.2 Å². The Morgan fingerprint density at radius 1 is 1.16 bits per heavy atom. The molecule has 0 spiro atoms. The zero-order valence-corrected chi connectivity index (χ0v) is 13.1. The fraction of sp³-hybridized carbons (Fsp3) is 0.647. The van der Waals surface area contributed by atoms with Gasteiger partial charge in [-0.2, -0.15) is 0 Å². The van der Waals surface area contributed by atoms with E-state index in [0.29, 0.717) is 6.04 Å². The topological polar surface area (TPSA) is 21.3 Å². The lowest BCUT2D eigenvalue weighted by atomic mass is 10.0. The van der Waals surface area contributed by atoms with Gasteiger partial charge >= 0.3 is 0 Å². The van der Waals surface area contributed by atoms with Gasteiger partial charge in [0, 0.05) is 19.2 Å². The molecular weight excluding hydrogens is 234 g/mol. The lowest BCUT2D eigenvalue weighted by molar-refractivity contribution is -0.0103. The molecule has 0 aromatic heterocycles. The highest BCUT2D eigenvalue weighted by molar-refractivity contribution is 5.24. The molecule has 0 heterocycles. The monoisotopic (exact) mass is 263 g/mol. The SMILES string of the molecule is CCCc1ccc(C(C)NCC(C)(C)OCC)cc1. The Morgan fingerprint density at radius 2 is 1.79 bits per heavy atom. The Labute approximate surface area is 118 Å². The van der Waals surface area contributed by atoms with Crippen molar-refractivity contribution in [1.82, 2.24) is 5.32 Å². The highest BCUT2D eigenvalue weighted by atomic mass is 16.5. The number of ether oxygens (including phenoxy) is 1. The maximum Gasteiger partial charge on any atom is 0.0750 e. The van der Waals surface area contributed by atoms with E-state index < -0.39 is 0 Å². The molecule has 0 radical (unpaired) electrons. The van der Waals surface area contributed by atoms with E-state index in [1.165, 1.54) is 24.0 Å². The van der Waals surface area contributed by atoms with E-state index in [2.05, 4.69) is 57.3 Å². The molecule has 0 saturated heterocycles. The third kappa shape index (κ3) is 5.75. The number of rotatable bonds is 8. The molecule has 1 atom stereocenters. The second-order valence-electron chi connectivity index (χ2n) is 5.79. The first kappa shape index (κ1) is 16.2. The summed E-state index contributed by atoms with van der Waals surface area (Å²) in [5.41, 5.74) is 2.66. The predicted molar refractivity (Wildman–Crippen MR) is 82.6 cm³/mol. The summed E-state index contributed by atoms with van der Waals surface area (Å²) in [6, 6.07) is 9.30. The predicted octanol–water partition coefficient (Wildman–Crippen LogP) is 4.10. The molecule has 1 unspecified atom stereocenters. The van der Waals surface area contributed by atoms with E-state index in [0.717, 1.165) is 13.2 Å². The average molecular weight is 263 g/mol. The lowest BCUT2D eigenvalue weighted by Crippen LogP contribution is -2.38. The molecule has 0 bridgehead atoms. The molecule has 19 heavy (non-hydrogen) atoms. The molecule has 108 valence electrons. The molecule has 0 aliphatic heterocycles. The molecule has 0 aliphatic carbocycles. The molecule has 2 nitrogen and oxygen atoms in total. The summed E-state index contributed by atoms with van der Waals surface area (Å²) in [4.78, 5) is 0. The molecular formula is C17H29NO. The first-order chi connectivity index (χ1) is 8.98. The summed E-state index contributed by atoms with van der Waals surface area (Å²) in [7, 11) is 0. The van der Waals surface area contributed by atoms with Crippen LogP contribution in [0.4, 0.5) is 0 Å². The van der Waals surface area contributed by atoms with Gasteiger partial charge in [0.25, 0.3) is 0 Å². The number of aryl methyl sites for hydroxylation is 1. The Balaban J connectivity index is 2.51. The summed E-state index contributed by atoms with van der Waals surface area (Å²) in [6.07, 6.45) is 2.37. The second-order valence-corrected chi connectivity index (χ2v) is 5.79. The maximum absolute atomic E-state index is 5.70. The molecule has 0 saturated carbocycles. The minimum Gasteiger partial charge on any atom is -0.375 e. The summed E-state index contributed by atoms with van der Waals surface area (Å²) in [6.45, 7) is 12.3. The molecule has 0 aliphatic rings. The summed E-state index contributed by atoms with van der Waals surface area (Å²) in [5, 5.41) is 3.55. The van der Waals surface area contributed by atoms with E-state index in [9.17, 15) is 0 Å². The van der Waals surface area contributed by atoms with Crippen LogP contribution in [-0.4, -0.2) is 18.8 Å². The van der Waals surface area contributed by atoms with Crippen LogP contribution >= 0.6 is 0 Å². The van der Waals surface area contributed by atoms with E-state index in [1.807, 2.05) is 6.92 Å². The van der Waals surface area contributed by atoms with Crippen molar-refractivity contribution < 1.29 is 4.74 Å². The molecule has 1 N–H and O–H groups in total. The average Bonchev–Trinajstić information content (AvgIpc) is 2.37. The maximum atomic E-state index is 5.70. The first-order valence-corrected chi connectivity index (χ1v) is 7.44.